The quantitative estimate of drug-likeness (QED) is 0.367. The lowest BCUT2D eigenvalue weighted by Gasteiger charge is -2.32. The number of piperidine rings is 1. The summed E-state index contributed by atoms with van der Waals surface area (Å²) in [6.07, 6.45) is 2.66. The highest BCUT2D eigenvalue weighted by molar-refractivity contribution is 5.91. The van der Waals surface area contributed by atoms with Crippen molar-refractivity contribution in [1.82, 2.24) is 14.9 Å². The molecule has 0 bridgehead atoms. The molecule has 3 aromatic carbocycles. The molecule has 1 atom stereocenters. The standard InChI is InChI=1S/C32H34N6O2/c33-30(40)23-14-17-37(18-15-23)31-27-12-6-7-13-28(27)35-32(36-31)34-25-16-19-38(21-25)29(39)20-24-10-4-5-11-26(24)22-8-2-1-3-9-22/h1-13,23,25H,14-21H2,(H2,33,40)(H,34,35,36)/t25-/m0/s1. The Morgan fingerprint density at radius 1 is 0.850 bits per heavy atom. The van der Waals surface area contributed by atoms with Crippen molar-refractivity contribution >= 4 is 34.5 Å². The Bertz CT molecular complexity index is 1520. The normalized spacial score (nSPS) is 17.8. The van der Waals surface area contributed by atoms with E-state index in [0.29, 0.717) is 25.5 Å². The van der Waals surface area contributed by atoms with Crippen molar-refractivity contribution in [1.29, 1.82) is 0 Å². The highest BCUT2D eigenvalue weighted by atomic mass is 16.2. The van der Waals surface area contributed by atoms with Crippen LogP contribution < -0.4 is 16.0 Å². The van der Waals surface area contributed by atoms with E-state index >= 15 is 0 Å². The zero-order chi connectivity index (χ0) is 27.5. The molecule has 2 aliphatic rings. The summed E-state index contributed by atoms with van der Waals surface area (Å²) in [7, 11) is 0. The van der Waals surface area contributed by atoms with Gasteiger partial charge in [0, 0.05) is 43.5 Å². The van der Waals surface area contributed by atoms with E-state index in [4.69, 9.17) is 15.7 Å². The lowest BCUT2D eigenvalue weighted by atomic mass is 9.96. The number of nitrogens with zero attached hydrogens (tertiary/aromatic N) is 4. The van der Waals surface area contributed by atoms with Gasteiger partial charge in [0.25, 0.3) is 0 Å². The summed E-state index contributed by atoms with van der Waals surface area (Å²) in [5.74, 6) is 1.27. The number of hydrogen-bond donors (Lipinski definition) is 2. The number of aromatic nitrogens is 2. The first-order valence-corrected chi connectivity index (χ1v) is 14.0. The molecule has 2 amide bonds. The molecule has 0 unspecified atom stereocenters. The number of amides is 2. The van der Waals surface area contributed by atoms with Crippen LogP contribution in [0.5, 0.6) is 0 Å². The van der Waals surface area contributed by atoms with Crippen molar-refractivity contribution in [2.45, 2.75) is 31.7 Å². The molecule has 2 saturated heterocycles. The number of anilines is 2. The Kier molecular flexibility index (Phi) is 7.31. The number of nitrogens with two attached hydrogens (primary N) is 1. The van der Waals surface area contributed by atoms with Crippen LogP contribution in [0.2, 0.25) is 0 Å². The van der Waals surface area contributed by atoms with Gasteiger partial charge in [-0.15, -0.1) is 0 Å². The van der Waals surface area contributed by atoms with E-state index in [-0.39, 0.29) is 23.8 Å². The van der Waals surface area contributed by atoms with Gasteiger partial charge < -0.3 is 20.9 Å². The molecule has 40 heavy (non-hydrogen) atoms. The Morgan fingerprint density at radius 2 is 1.57 bits per heavy atom. The van der Waals surface area contributed by atoms with E-state index in [0.717, 1.165) is 65.8 Å². The summed E-state index contributed by atoms with van der Waals surface area (Å²) in [5.41, 5.74) is 9.68. The van der Waals surface area contributed by atoms with Gasteiger partial charge in [0.2, 0.25) is 17.8 Å². The van der Waals surface area contributed by atoms with Crippen LogP contribution in [0, 0.1) is 5.92 Å². The van der Waals surface area contributed by atoms with Crippen LogP contribution in [0.1, 0.15) is 24.8 Å². The fraction of sp³-hybridized carbons (Fsp3) is 0.312. The SMILES string of the molecule is NC(=O)C1CCN(c2nc(N[C@H]3CCN(C(=O)Cc4ccccc4-c4ccccc4)C3)nc3ccccc23)CC1. The van der Waals surface area contributed by atoms with Crippen molar-refractivity contribution in [2.75, 3.05) is 36.4 Å². The number of carbonyl (C=O) groups excluding carboxylic acids is 2. The highest BCUT2D eigenvalue weighted by Gasteiger charge is 2.29. The molecule has 2 aliphatic heterocycles. The average molecular weight is 535 g/mol. The smallest absolute Gasteiger partial charge is 0.227 e. The second kappa shape index (κ2) is 11.3. The first-order chi connectivity index (χ1) is 19.5. The Morgan fingerprint density at radius 3 is 2.38 bits per heavy atom. The molecule has 3 N–H and O–H groups in total. The van der Waals surface area contributed by atoms with Crippen molar-refractivity contribution in [3.63, 3.8) is 0 Å². The lowest BCUT2D eigenvalue weighted by Crippen LogP contribution is -2.39. The summed E-state index contributed by atoms with van der Waals surface area (Å²) in [6.45, 7) is 2.77. The van der Waals surface area contributed by atoms with Crippen LogP contribution in [0.3, 0.4) is 0 Å². The molecule has 0 spiro atoms. The maximum atomic E-state index is 13.3. The predicted molar refractivity (Wildman–Crippen MR) is 158 cm³/mol. The van der Waals surface area contributed by atoms with Crippen molar-refractivity contribution in [3.8, 4) is 11.1 Å². The van der Waals surface area contributed by atoms with Gasteiger partial charge in [0.1, 0.15) is 5.82 Å². The number of benzene rings is 3. The molecule has 1 aromatic heterocycles. The van der Waals surface area contributed by atoms with Gasteiger partial charge in [-0.2, -0.15) is 4.98 Å². The molecular formula is C32H34N6O2. The predicted octanol–water partition coefficient (Wildman–Crippen LogP) is 4.25. The summed E-state index contributed by atoms with van der Waals surface area (Å²) in [5, 5.41) is 4.50. The second-order valence-corrected chi connectivity index (χ2v) is 10.7. The third kappa shape index (κ3) is 5.47. The number of likely N-dealkylation sites (tertiary alicyclic amines) is 1. The molecule has 2 fully saturated rings. The van der Waals surface area contributed by atoms with Gasteiger partial charge in [-0.1, -0.05) is 66.7 Å². The fourth-order valence-electron chi connectivity index (χ4n) is 5.88. The van der Waals surface area contributed by atoms with Crippen molar-refractivity contribution in [2.24, 2.45) is 11.7 Å². The first kappa shape index (κ1) is 25.8. The molecule has 4 aromatic rings. The molecule has 0 saturated carbocycles. The minimum Gasteiger partial charge on any atom is -0.369 e. The van der Waals surface area contributed by atoms with Crippen LogP contribution in [-0.4, -0.2) is 58.9 Å². The number of nitrogens with one attached hydrogen (secondary N) is 1. The summed E-state index contributed by atoms with van der Waals surface area (Å²) >= 11 is 0. The molecular weight excluding hydrogens is 500 g/mol. The third-order valence-corrected chi connectivity index (χ3v) is 8.10. The average Bonchev–Trinajstić information content (AvgIpc) is 3.46. The second-order valence-electron chi connectivity index (χ2n) is 10.7. The Labute approximate surface area is 234 Å². The summed E-state index contributed by atoms with van der Waals surface area (Å²) < 4.78 is 0. The number of primary amides is 1. The Hall–Kier alpha value is -4.46. The van der Waals surface area contributed by atoms with Crippen LogP contribution in [0.25, 0.3) is 22.0 Å². The van der Waals surface area contributed by atoms with E-state index in [2.05, 4.69) is 28.4 Å². The highest BCUT2D eigenvalue weighted by Crippen LogP contribution is 2.30. The summed E-state index contributed by atoms with van der Waals surface area (Å²) in [6, 6.07) is 26.4. The largest absolute Gasteiger partial charge is 0.369 e. The fourth-order valence-corrected chi connectivity index (χ4v) is 5.88. The zero-order valence-corrected chi connectivity index (χ0v) is 22.5. The topological polar surface area (TPSA) is 104 Å². The molecule has 0 aliphatic carbocycles. The minimum atomic E-state index is -0.224. The van der Waals surface area contributed by atoms with E-state index in [1.54, 1.807) is 0 Å². The van der Waals surface area contributed by atoms with Crippen molar-refractivity contribution in [3.05, 3.63) is 84.4 Å². The molecule has 8 heteroatoms. The number of fused-ring (bicyclic) bond motifs is 1. The lowest BCUT2D eigenvalue weighted by molar-refractivity contribution is -0.129. The first-order valence-electron chi connectivity index (χ1n) is 14.0. The van der Waals surface area contributed by atoms with Gasteiger partial charge in [-0.25, -0.2) is 4.98 Å². The van der Waals surface area contributed by atoms with Crippen molar-refractivity contribution < 1.29 is 9.59 Å². The molecule has 0 radical (unpaired) electrons. The third-order valence-electron chi connectivity index (χ3n) is 8.10. The van der Waals surface area contributed by atoms with Gasteiger partial charge >= 0.3 is 0 Å². The van der Waals surface area contributed by atoms with E-state index < -0.39 is 0 Å². The Balaban J connectivity index is 1.15. The van der Waals surface area contributed by atoms with Crippen LogP contribution in [0.15, 0.2) is 78.9 Å². The zero-order valence-electron chi connectivity index (χ0n) is 22.5. The minimum absolute atomic E-state index is 0.0722. The van der Waals surface area contributed by atoms with E-state index in [1.165, 1.54) is 0 Å². The number of carbonyl (C=O) groups is 2. The van der Waals surface area contributed by atoms with E-state index in [1.807, 2.05) is 65.6 Å². The number of para-hydroxylation sites is 1. The van der Waals surface area contributed by atoms with Gasteiger partial charge in [0.05, 0.1) is 11.9 Å². The molecule has 3 heterocycles. The van der Waals surface area contributed by atoms with Gasteiger partial charge in [-0.05, 0) is 48.1 Å². The monoisotopic (exact) mass is 534 g/mol. The molecule has 6 rings (SSSR count). The van der Waals surface area contributed by atoms with Crippen LogP contribution in [-0.2, 0) is 16.0 Å². The van der Waals surface area contributed by atoms with Gasteiger partial charge in [0.15, 0.2) is 0 Å². The number of hydrogen-bond acceptors (Lipinski definition) is 6. The summed E-state index contributed by atoms with van der Waals surface area (Å²) in [4.78, 5) is 38.9. The van der Waals surface area contributed by atoms with Crippen LogP contribution in [0.4, 0.5) is 11.8 Å². The van der Waals surface area contributed by atoms with Crippen LogP contribution >= 0.6 is 0 Å². The maximum absolute atomic E-state index is 13.3. The maximum Gasteiger partial charge on any atom is 0.227 e. The van der Waals surface area contributed by atoms with E-state index in [9.17, 15) is 9.59 Å². The van der Waals surface area contributed by atoms with Gasteiger partial charge in [-0.3, -0.25) is 9.59 Å². The number of rotatable bonds is 7. The molecule has 204 valence electrons. The molecule has 8 nitrogen and oxygen atoms in total.